The normalized spacial score (nSPS) is 12.3. The molecule has 1 heteroatoms. The SMILES string of the molecule is C=C/C=C/P(C(C)C)C(C)C. The standard InChI is InChI=1S/C10H19P/c1-6-7-8-11(9(2)3)10(4)5/h6-10H,1H2,2-5H3/b8-7+. The van der Waals surface area contributed by atoms with Crippen LogP contribution in [-0.2, 0) is 0 Å². The van der Waals surface area contributed by atoms with Gasteiger partial charge < -0.3 is 0 Å². The Hall–Kier alpha value is -0.0900. The summed E-state index contributed by atoms with van der Waals surface area (Å²) in [5.41, 5.74) is 1.59. The van der Waals surface area contributed by atoms with Crippen molar-refractivity contribution in [3.8, 4) is 0 Å². The molecule has 0 heterocycles. The summed E-state index contributed by atoms with van der Waals surface area (Å²) in [5, 5.41) is 0. The minimum atomic E-state index is 0.0637. The first kappa shape index (κ1) is 10.9. The van der Waals surface area contributed by atoms with Crippen LogP contribution in [0.5, 0.6) is 0 Å². The first-order valence-corrected chi connectivity index (χ1v) is 5.71. The fourth-order valence-electron chi connectivity index (χ4n) is 1.10. The van der Waals surface area contributed by atoms with Gasteiger partial charge in [-0.15, -0.1) is 0 Å². The molecule has 0 rings (SSSR count). The molecular weight excluding hydrogens is 151 g/mol. The average molecular weight is 170 g/mol. The van der Waals surface area contributed by atoms with Crippen molar-refractivity contribution in [2.45, 2.75) is 39.0 Å². The van der Waals surface area contributed by atoms with E-state index in [1.54, 1.807) is 0 Å². The molecule has 0 spiro atoms. The molecule has 11 heavy (non-hydrogen) atoms. The molecule has 0 bridgehead atoms. The van der Waals surface area contributed by atoms with Crippen LogP contribution in [0.25, 0.3) is 0 Å². The van der Waals surface area contributed by atoms with Crippen LogP contribution in [0.15, 0.2) is 24.5 Å². The smallest absolute Gasteiger partial charge is 0.0229 e. The molecule has 0 amide bonds. The van der Waals surface area contributed by atoms with Crippen molar-refractivity contribution >= 4 is 7.92 Å². The van der Waals surface area contributed by atoms with Crippen molar-refractivity contribution in [3.05, 3.63) is 24.5 Å². The van der Waals surface area contributed by atoms with Gasteiger partial charge in [-0.25, -0.2) is 0 Å². The van der Waals surface area contributed by atoms with Gasteiger partial charge in [0.25, 0.3) is 0 Å². The average Bonchev–Trinajstić information content (AvgIpc) is 1.87. The van der Waals surface area contributed by atoms with E-state index in [4.69, 9.17) is 0 Å². The Balaban J connectivity index is 4.10. The number of hydrogen-bond donors (Lipinski definition) is 0. The van der Waals surface area contributed by atoms with Crippen LogP contribution in [0.1, 0.15) is 27.7 Å². The second-order valence-electron chi connectivity index (χ2n) is 3.21. The molecule has 0 aliphatic carbocycles. The largest absolute Gasteiger partial charge is 0.0991 e. The van der Waals surface area contributed by atoms with Gasteiger partial charge in [0, 0.05) is 0 Å². The number of rotatable bonds is 4. The molecule has 0 aromatic rings. The van der Waals surface area contributed by atoms with Gasteiger partial charge in [0.2, 0.25) is 0 Å². The Morgan fingerprint density at radius 1 is 1.09 bits per heavy atom. The van der Waals surface area contributed by atoms with E-state index in [0.29, 0.717) is 0 Å². The minimum absolute atomic E-state index is 0.0637. The summed E-state index contributed by atoms with van der Waals surface area (Å²) in [6.07, 6.45) is 3.94. The van der Waals surface area contributed by atoms with E-state index in [0.717, 1.165) is 11.3 Å². The molecule has 64 valence electrons. The lowest BCUT2D eigenvalue weighted by Crippen LogP contribution is -2.00. The highest BCUT2D eigenvalue weighted by atomic mass is 31.1. The van der Waals surface area contributed by atoms with E-state index in [2.05, 4.69) is 46.2 Å². The van der Waals surface area contributed by atoms with Gasteiger partial charge in [-0.3, -0.25) is 0 Å². The molecule has 0 nitrogen and oxygen atoms in total. The van der Waals surface area contributed by atoms with Crippen LogP contribution >= 0.6 is 7.92 Å². The Labute approximate surface area is 72.1 Å². The van der Waals surface area contributed by atoms with Gasteiger partial charge in [-0.2, -0.15) is 0 Å². The molecular formula is C10H19P. The van der Waals surface area contributed by atoms with E-state index in [1.165, 1.54) is 0 Å². The first-order valence-electron chi connectivity index (χ1n) is 4.16. The first-order chi connectivity index (χ1) is 5.09. The fourth-order valence-corrected chi connectivity index (χ4v) is 3.30. The van der Waals surface area contributed by atoms with Crippen molar-refractivity contribution in [2.24, 2.45) is 0 Å². The summed E-state index contributed by atoms with van der Waals surface area (Å²) in [6, 6.07) is 0. The summed E-state index contributed by atoms with van der Waals surface area (Å²) in [5.74, 6) is 2.32. The Morgan fingerprint density at radius 3 is 1.82 bits per heavy atom. The second-order valence-corrected chi connectivity index (χ2v) is 6.47. The van der Waals surface area contributed by atoms with Crippen LogP contribution in [-0.4, -0.2) is 11.3 Å². The Bertz CT molecular complexity index is 126. The van der Waals surface area contributed by atoms with Crippen LogP contribution in [0, 0.1) is 0 Å². The zero-order valence-electron chi connectivity index (χ0n) is 8.04. The van der Waals surface area contributed by atoms with Gasteiger partial charge in [-0.1, -0.05) is 60.2 Å². The van der Waals surface area contributed by atoms with Crippen LogP contribution < -0.4 is 0 Å². The van der Waals surface area contributed by atoms with Gasteiger partial charge in [-0.05, 0) is 11.3 Å². The highest BCUT2D eigenvalue weighted by Gasteiger charge is 2.11. The third-order valence-corrected chi connectivity index (χ3v) is 4.49. The Morgan fingerprint density at radius 2 is 1.55 bits per heavy atom. The Kier molecular flexibility index (Phi) is 5.50. The van der Waals surface area contributed by atoms with Crippen molar-refractivity contribution in [1.29, 1.82) is 0 Å². The quantitative estimate of drug-likeness (QED) is 0.442. The zero-order chi connectivity index (χ0) is 8.85. The number of allylic oxidation sites excluding steroid dienone is 2. The van der Waals surface area contributed by atoms with E-state index in [-0.39, 0.29) is 7.92 Å². The molecule has 0 N–H and O–H groups in total. The van der Waals surface area contributed by atoms with Crippen molar-refractivity contribution < 1.29 is 0 Å². The zero-order valence-corrected chi connectivity index (χ0v) is 8.94. The van der Waals surface area contributed by atoms with E-state index >= 15 is 0 Å². The van der Waals surface area contributed by atoms with Crippen LogP contribution in [0.4, 0.5) is 0 Å². The molecule has 0 aliphatic rings. The lowest BCUT2D eigenvalue weighted by atomic mass is 10.5. The molecule has 0 saturated heterocycles. The monoisotopic (exact) mass is 170 g/mol. The maximum atomic E-state index is 3.67. The lowest BCUT2D eigenvalue weighted by Gasteiger charge is -2.21. The molecule has 0 atom stereocenters. The van der Waals surface area contributed by atoms with Crippen LogP contribution in [0.2, 0.25) is 0 Å². The molecule has 0 radical (unpaired) electrons. The van der Waals surface area contributed by atoms with Gasteiger partial charge in [0.05, 0.1) is 0 Å². The molecule has 0 saturated carbocycles. The molecule has 0 aromatic heterocycles. The molecule has 0 unspecified atom stereocenters. The highest BCUT2D eigenvalue weighted by molar-refractivity contribution is 7.62. The van der Waals surface area contributed by atoms with Crippen LogP contribution in [0.3, 0.4) is 0 Å². The van der Waals surface area contributed by atoms with Gasteiger partial charge in [0.15, 0.2) is 0 Å². The number of hydrogen-bond acceptors (Lipinski definition) is 0. The minimum Gasteiger partial charge on any atom is -0.0991 e. The topological polar surface area (TPSA) is 0 Å². The van der Waals surface area contributed by atoms with Crippen molar-refractivity contribution in [3.63, 3.8) is 0 Å². The van der Waals surface area contributed by atoms with Crippen molar-refractivity contribution in [2.75, 3.05) is 0 Å². The predicted octanol–water partition coefficient (Wildman–Crippen LogP) is 3.98. The second kappa shape index (κ2) is 5.55. The molecule has 0 aliphatic heterocycles. The van der Waals surface area contributed by atoms with Crippen molar-refractivity contribution in [1.82, 2.24) is 0 Å². The summed E-state index contributed by atoms with van der Waals surface area (Å²) in [4.78, 5) is 0. The highest BCUT2D eigenvalue weighted by Crippen LogP contribution is 2.47. The molecule has 0 fully saturated rings. The third kappa shape index (κ3) is 4.37. The fraction of sp³-hybridized carbons (Fsp3) is 0.600. The van der Waals surface area contributed by atoms with E-state index < -0.39 is 0 Å². The molecule has 0 aromatic carbocycles. The summed E-state index contributed by atoms with van der Waals surface area (Å²) >= 11 is 0. The maximum absolute atomic E-state index is 3.67. The maximum Gasteiger partial charge on any atom is -0.0229 e. The van der Waals surface area contributed by atoms with Gasteiger partial charge >= 0.3 is 0 Å². The third-order valence-electron chi connectivity index (χ3n) is 1.59. The summed E-state index contributed by atoms with van der Waals surface area (Å²) in [6.45, 7) is 12.8. The van der Waals surface area contributed by atoms with Gasteiger partial charge in [0.1, 0.15) is 0 Å². The lowest BCUT2D eigenvalue weighted by molar-refractivity contribution is 1.02. The van der Waals surface area contributed by atoms with E-state index in [9.17, 15) is 0 Å². The summed E-state index contributed by atoms with van der Waals surface area (Å²) in [7, 11) is 0.0637. The summed E-state index contributed by atoms with van der Waals surface area (Å²) < 4.78 is 0. The van der Waals surface area contributed by atoms with E-state index in [1.807, 2.05) is 6.08 Å². The predicted molar refractivity (Wildman–Crippen MR) is 56.5 cm³/mol.